The Balaban J connectivity index is 2.19. The van der Waals surface area contributed by atoms with Crippen molar-refractivity contribution >= 4 is 0 Å². The summed E-state index contributed by atoms with van der Waals surface area (Å²) in [6.07, 6.45) is 1.70. The fourth-order valence-electron chi connectivity index (χ4n) is 2.01. The van der Waals surface area contributed by atoms with Gasteiger partial charge in [-0.05, 0) is 49.9 Å². The third-order valence-electron chi connectivity index (χ3n) is 3.05. The second kappa shape index (κ2) is 5.99. The molecule has 0 bridgehead atoms. The van der Waals surface area contributed by atoms with Crippen LogP contribution in [0.1, 0.15) is 47.1 Å². The van der Waals surface area contributed by atoms with Gasteiger partial charge in [-0.25, -0.2) is 4.98 Å². The quantitative estimate of drug-likeness (QED) is 0.765. The molecular formula is C19H25NO2. The van der Waals surface area contributed by atoms with Crippen molar-refractivity contribution in [3.63, 3.8) is 0 Å². The smallest absolute Gasteiger partial charge is 0.222 e. The van der Waals surface area contributed by atoms with Gasteiger partial charge in [0.25, 0.3) is 0 Å². The third kappa shape index (κ3) is 4.76. The summed E-state index contributed by atoms with van der Waals surface area (Å²) in [6.45, 7) is 12.6. The van der Waals surface area contributed by atoms with E-state index >= 15 is 0 Å². The number of ether oxygens (including phenoxy) is 2. The molecule has 3 heteroatoms. The minimum atomic E-state index is -0.245. The number of aromatic nitrogens is 1. The summed E-state index contributed by atoms with van der Waals surface area (Å²) in [6, 6.07) is 11.8. The van der Waals surface area contributed by atoms with Crippen LogP contribution in [0.15, 0.2) is 42.6 Å². The maximum Gasteiger partial charge on any atom is 0.222 e. The summed E-state index contributed by atoms with van der Waals surface area (Å²) in [5.41, 5.74) is 1.07. The minimum absolute atomic E-state index is 0.0873. The van der Waals surface area contributed by atoms with E-state index in [1.54, 1.807) is 6.20 Å². The number of pyridine rings is 1. The van der Waals surface area contributed by atoms with Gasteiger partial charge in [0.2, 0.25) is 5.88 Å². The lowest BCUT2D eigenvalue weighted by Gasteiger charge is -2.21. The molecule has 1 aromatic heterocycles. The second-order valence-corrected chi connectivity index (χ2v) is 7.42. The average Bonchev–Trinajstić information content (AvgIpc) is 2.36. The van der Waals surface area contributed by atoms with Crippen LogP contribution in [-0.2, 0) is 5.41 Å². The van der Waals surface area contributed by atoms with Gasteiger partial charge in [0.05, 0.1) is 0 Å². The molecule has 0 spiro atoms. The molecule has 0 saturated heterocycles. The van der Waals surface area contributed by atoms with Crippen LogP contribution in [0.3, 0.4) is 0 Å². The number of hydrogen-bond acceptors (Lipinski definition) is 3. The van der Waals surface area contributed by atoms with E-state index in [0.29, 0.717) is 5.88 Å². The largest absolute Gasteiger partial charge is 0.488 e. The summed E-state index contributed by atoms with van der Waals surface area (Å²) in [7, 11) is 0. The van der Waals surface area contributed by atoms with Gasteiger partial charge in [-0.3, -0.25) is 0 Å². The van der Waals surface area contributed by atoms with Crippen molar-refractivity contribution in [3.8, 4) is 17.4 Å². The molecule has 0 radical (unpaired) electrons. The van der Waals surface area contributed by atoms with E-state index in [2.05, 4.69) is 37.9 Å². The fourth-order valence-corrected chi connectivity index (χ4v) is 2.01. The van der Waals surface area contributed by atoms with Crippen LogP contribution in [-0.4, -0.2) is 10.6 Å². The van der Waals surface area contributed by atoms with Crippen molar-refractivity contribution in [2.45, 2.75) is 52.6 Å². The summed E-state index contributed by atoms with van der Waals surface area (Å²) in [5, 5.41) is 0. The fraction of sp³-hybridized carbons (Fsp3) is 0.421. The molecule has 0 amide bonds. The van der Waals surface area contributed by atoms with Crippen LogP contribution in [0.4, 0.5) is 0 Å². The molecule has 0 N–H and O–H groups in total. The number of hydrogen-bond donors (Lipinski definition) is 0. The lowest BCUT2D eigenvalue weighted by atomic mass is 9.87. The molecule has 0 saturated carbocycles. The Bertz CT molecular complexity index is 636. The predicted octanol–water partition coefficient (Wildman–Crippen LogP) is 5.35. The molecule has 0 atom stereocenters. The summed E-state index contributed by atoms with van der Waals surface area (Å²) in [4.78, 5) is 4.25. The molecule has 3 nitrogen and oxygen atoms in total. The zero-order chi connectivity index (χ0) is 16.4. The lowest BCUT2D eigenvalue weighted by Crippen LogP contribution is -2.22. The second-order valence-electron chi connectivity index (χ2n) is 7.42. The lowest BCUT2D eigenvalue weighted by molar-refractivity contribution is 0.130. The van der Waals surface area contributed by atoms with Crippen molar-refractivity contribution in [2.24, 2.45) is 0 Å². The van der Waals surface area contributed by atoms with Gasteiger partial charge >= 0.3 is 0 Å². The van der Waals surface area contributed by atoms with Crippen LogP contribution in [0.2, 0.25) is 0 Å². The van der Waals surface area contributed by atoms with Gasteiger partial charge in [0, 0.05) is 12.3 Å². The molecule has 0 aliphatic carbocycles. The molecule has 118 valence electrons. The first-order valence-corrected chi connectivity index (χ1v) is 7.57. The average molecular weight is 299 g/mol. The summed E-state index contributed by atoms with van der Waals surface area (Å²) >= 11 is 0. The Kier molecular flexibility index (Phi) is 4.45. The van der Waals surface area contributed by atoms with E-state index in [1.807, 2.05) is 45.0 Å². The van der Waals surface area contributed by atoms with Gasteiger partial charge < -0.3 is 9.47 Å². The zero-order valence-corrected chi connectivity index (χ0v) is 14.3. The maximum absolute atomic E-state index is 5.88. The van der Waals surface area contributed by atoms with Crippen molar-refractivity contribution in [2.75, 3.05) is 0 Å². The Morgan fingerprint density at radius 1 is 0.864 bits per heavy atom. The molecule has 0 unspecified atom stereocenters. The van der Waals surface area contributed by atoms with E-state index in [4.69, 9.17) is 9.47 Å². The number of nitrogens with zero attached hydrogens (tertiary/aromatic N) is 1. The molecule has 0 aliphatic rings. The van der Waals surface area contributed by atoms with Gasteiger partial charge in [-0.2, -0.15) is 0 Å². The first kappa shape index (κ1) is 16.3. The van der Waals surface area contributed by atoms with Gasteiger partial charge in [-0.15, -0.1) is 0 Å². The highest BCUT2D eigenvalue weighted by molar-refractivity contribution is 5.36. The zero-order valence-electron chi connectivity index (χ0n) is 14.3. The summed E-state index contributed by atoms with van der Waals surface area (Å²) < 4.78 is 11.7. The Morgan fingerprint density at radius 2 is 1.59 bits per heavy atom. The highest BCUT2D eigenvalue weighted by atomic mass is 16.5. The molecule has 1 heterocycles. The molecule has 2 rings (SSSR count). The predicted molar refractivity (Wildman–Crippen MR) is 89.8 cm³/mol. The Labute approximate surface area is 133 Å². The van der Waals surface area contributed by atoms with Crippen molar-refractivity contribution < 1.29 is 9.47 Å². The van der Waals surface area contributed by atoms with Crippen LogP contribution in [0.5, 0.6) is 17.4 Å². The van der Waals surface area contributed by atoms with Crippen LogP contribution in [0, 0.1) is 0 Å². The van der Waals surface area contributed by atoms with Crippen molar-refractivity contribution in [1.29, 1.82) is 0 Å². The SMILES string of the molecule is CC(C)(C)Oc1ccnc(Oc2cccc(C(C)(C)C)c2)c1. The summed E-state index contributed by atoms with van der Waals surface area (Å²) in [5.74, 6) is 2.07. The number of benzene rings is 1. The molecule has 2 aromatic rings. The minimum Gasteiger partial charge on any atom is -0.488 e. The van der Waals surface area contributed by atoms with Crippen LogP contribution >= 0.6 is 0 Å². The standard InChI is InChI=1S/C19H25NO2/c1-18(2,3)14-8-7-9-15(12-14)21-17-13-16(10-11-20-17)22-19(4,5)6/h7-13H,1-6H3. The highest BCUT2D eigenvalue weighted by Crippen LogP contribution is 2.29. The van der Waals surface area contributed by atoms with Gasteiger partial charge in [0.1, 0.15) is 17.1 Å². The molecule has 22 heavy (non-hydrogen) atoms. The molecule has 1 aromatic carbocycles. The van der Waals surface area contributed by atoms with E-state index in [9.17, 15) is 0 Å². The van der Waals surface area contributed by atoms with Crippen LogP contribution in [0.25, 0.3) is 0 Å². The van der Waals surface area contributed by atoms with E-state index in [0.717, 1.165) is 11.5 Å². The normalized spacial score (nSPS) is 12.1. The Hall–Kier alpha value is -2.03. The van der Waals surface area contributed by atoms with Gasteiger partial charge in [0.15, 0.2) is 0 Å². The molecule has 0 fully saturated rings. The van der Waals surface area contributed by atoms with Crippen LogP contribution < -0.4 is 9.47 Å². The van der Waals surface area contributed by atoms with Crippen molar-refractivity contribution in [3.05, 3.63) is 48.2 Å². The topological polar surface area (TPSA) is 31.4 Å². The first-order valence-electron chi connectivity index (χ1n) is 7.57. The van der Waals surface area contributed by atoms with Gasteiger partial charge in [-0.1, -0.05) is 32.9 Å². The monoisotopic (exact) mass is 299 g/mol. The number of rotatable bonds is 3. The first-order chi connectivity index (χ1) is 10.1. The highest BCUT2D eigenvalue weighted by Gasteiger charge is 2.15. The maximum atomic E-state index is 5.88. The van der Waals surface area contributed by atoms with E-state index in [1.165, 1.54) is 5.56 Å². The van der Waals surface area contributed by atoms with Crippen molar-refractivity contribution in [1.82, 2.24) is 4.98 Å². The molecule has 0 aliphatic heterocycles. The third-order valence-corrected chi connectivity index (χ3v) is 3.05. The van der Waals surface area contributed by atoms with E-state index in [-0.39, 0.29) is 11.0 Å². The Morgan fingerprint density at radius 3 is 2.23 bits per heavy atom. The van der Waals surface area contributed by atoms with E-state index < -0.39 is 0 Å². The molecular weight excluding hydrogens is 274 g/mol.